The van der Waals surface area contributed by atoms with Crippen LogP contribution in [0.3, 0.4) is 0 Å². The minimum Gasteiger partial charge on any atom is -0.285 e. The van der Waals surface area contributed by atoms with Crippen LogP contribution in [0.15, 0.2) is 24.3 Å². The van der Waals surface area contributed by atoms with Gasteiger partial charge in [-0.1, -0.05) is 12.1 Å². The number of nitro benzene ring substituents is 1. The van der Waals surface area contributed by atoms with Crippen LogP contribution in [0.4, 0.5) is 5.69 Å². The Hall–Kier alpha value is -1.09. The summed E-state index contributed by atoms with van der Waals surface area (Å²) in [5, 5.41) is 10.4. The van der Waals surface area contributed by atoms with Gasteiger partial charge < -0.3 is 0 Å². The van der Waals surface area contributed by atoms with E-state index < -0.39 is 14.0 Å². The highest BCUT2D eigenvalue weighted by Crippen LogP contribution is 2.14. The van der Waals surface area contributed by atoms with Gasteiger partial charge in [-0.3, -0.25) is 18.9 Å². The highest BCUT2D eigenvalue weighted by Gasteiger charge is 2.07. The number of nitrogens with zero attached hydrogens (tertiary/aromatic N) is 1. The number of nitro groups is 1. The van der Waals surface area contributed by atoms with Crippen molar-refractivity contribution in [2.75, 3.05) is 0 Å². The Morgan fingerprint density at radius 2 is 2.27 bits per heavy atom. The quantitative estimate of drug-likeness (QED) is 0.638. The maximum Gasteiger partial charge on any atom is 0.269 e. The first kappa shape index (κ1) is 12.0. The minimum atomic E-state index is -3.69. The molecule has 8 heteroatoms. The lowest BCUT2D eigenvalue weighted by Gasteiger charge is -2.01. The zero-order valence-corrected chi connectivity index (χ0v) is 8.99. The fraction of sp³-hybridized carbons (Fsp3) is 0.143. The molecule has 82 valence electrons. The molecule has 1 N–H and O–H groups in total. The lowest BCUT2D eigenvalue weighted by atomic mass is 10.2. The first-order valence-electron chi connectivity index (χ1n) is 3.73. The molecular formula is C7H7NO5S2. The lowest BCUT2D eigenvalue weighted by Crippen LogP contribution is -2.02. The third-order valence-corrected chi connectivity index (χ3v) is 2.20. The van der Waals surface area contributed by atoms with Crippen LogP contribution in [0.25, 0.3) is 0 Å². The summed E-state index contributed by atoms with van der Waals surface area (Å²) in [5.74, 6) is 0. The van der Waals surface area contributed by atoms with Crippen LogP contribution < -0.4 is 0 Å². The predicted molar refractivity (Wildman–Crippen MR) is 56.0 cm³/mol. The van der Waals surface area contributed by atoms with E-state index in [4.69, 9.17) is 4.55 Å². The normalized spacial score (nSPS) is 14.5. The van der Waals surface area contributed by atoms with Crippen molar-refractivity contribution in [2.45, 2.75) is 6.61 Å². The van der Waals surface area contributed by atoms with Crippen LogP contribution in [0.1, 0.15) is 5.56 Å². The highest BCUT2D eigenvalue weighted by atomic mass is 32.9. The second-order valence-corrected chi connectivity index (χ2v) is 4.97. The van der Waals surface area contributed by atoms with E-state index in [-0.39, 0.29) is 12.3 Å². The summed E-state index contributed by atoms with van der Waals surface area (Å²) in [6.07, 6.45) is 0. The van der Waals surface area contributed by atoms with Gasteiger partial charge in [-0.25, -0.2) is 0 Å². The molecule has 0 saturated heterocycles. The Morgan fingerprint density at radius 3 is 2.80 bits per heavy atom. The lowest BCUT2D eigenvalue weighted by molar-refractivity contribution is -0.384. The van der Waals surface area contributed by atoms with Crippen molar-refractivity contribution in [1.29, 1.82) is 0 Å². The number of hydrogen-bond acceptors (Lipinski definition) is 5. The van der Waals surface area contributed by atoms with Gasteiger partial charge >= 0.3 is 0 Å². The van der Waals surface area contributed by atoms with Crippen molar-refractivity contribution in [3.05, 3.63) is 39.9 Å². The van der Waals surface area contributed by atoms with E-state index in [1.54, 1.807) is 0 Å². The van der Waals surface area contributed by atoms with E-state index in [1.807, 2.05) is 0 Å². The zero-order valence-electron chi connectivity index (χ0n) is 7.36. The second kappa shape index (κ2) is 4.62. The van der Waals surface area contributed by atoms with Gasteiger partial charge in [0.25, 0.3) is 14.7 Å². The summed E-state index contributed by atoms with van der Waals surface area (Å²) >= 11 is 4.10. The first-order chi connectivity index (χ1) is 6.88. The molecule has 0 spiro atoms. The largest absolute Gasteiger partial charge is 0.285 e. The molecule has 0 aliphatic heterocycles. The Morgan fingerprint density at radius 1 is 1.60 bits per heavy atom. The van der Waals surface area contributed by atoms with Crippen LogP contribution >= 0.6 is 0 Å². The fourth-order valence-electron chi connectivity index (χ4n) is 0.902. The summed E-state index contributed by atoms with van der Waals surface area (Å²) in [6.45, 7) is -0.236. The molecular weight excluding hydrogens is 242 g/mol. The molecule has 1 atom stereocenters. The van der Waals surface area contributed by atoms with Crippen molar-refractivity contribution < 1.29 is 17.9 Å². The van der Waals surface area contributed by atoms with E-state index in [1.165, 1.54) is 24.3 Å². The van der Waals surface area contributed by atoms with E-state index in [2.05, 4.69) is 15.4 Å². The van der Waals surface area contributed by atoms with Crippen LogP contribution in [0.5, 0.6) is 0 Å². The summed E-state index contributed by atoms with van der Waals surface area (Å²) in [7, 11) is -3.69. The van der Waals surface area contributed by atoms with Crippen molar-refractivity contribution in [1.82, 2.24) is 0 Å². The van der Waals surface area contributed by atoms with Crippen LogP contribution in [-0.4, -0.2) is 13.7 Å². The molecule has 15 heavy (non-hydrogen) atoms. The van der Waals surface area contributed by atoms with Gasteiger partial charge in [-0.2, -0.15) is 4.21 Å². The van der Waals surface area contributed by atoms with Crippen LogP contribution in [0, 0.1) is 10.1 Å². The van der Waals surface area contributed by atoms with Crippen molar-refractivity contribution in [3.8, 4) is 0 Å². The van der Waals surface area contributed by atoms with Crippen molar-refractivity contribution in [2.24, 2.45) is 0 Å². The monoisotopic (exact) mass is 249 g/mol. The maximum absolute atomic E-state index is 10.6. The van der Waals surface area contributed by atoms with E-state index in [9.17, 15) is 14.3 Å². The maximum atomic E-state index is 10.6. The van der Waals surface area contributed by atoms with Gasteiger partial charge in [-0.15, -0.1) is 0 Å². The average Bonchev–Trinajstić information content (AvgIpc) is 2.14. The van der Waals surface area contributed by atoms with Crippen molar-refractivity contribution in [3.63, 3.8) is 0 Å². The second-order valence-electron chi connectivity index (χ2n) is 2.62. The Labute approximate surface area is 90.7 Å². The number of benzene rings is 1. The zero-order chi connectivity index (χ0) is 11.5. The predicted octanol–water partition coefficient (Wildman–Crippen LogP) is 1.25. The molecule has 0 aliphatic carbocycles. The third-order valence-electron chi connectivity index (χ3n) is 1.50. The minimum absolute atomic E-state index is 0.107. The van der Waals surface area contributed by atoms with Gasteiger partial charge in [0.1, 0.15) is 0 Å². The molecule has 0 aromatic heterocycles. The smallest absolute Gasteiger partial charge is 0.269 e. The van der Waals surface area contributed by atoms with Gasteiger partial charge in [0.2, 0.25) is 0 Å². The molecule has 0 aliphatic rings. The molecule has 0 bridgehead atoms. The molecule has 1 aromatic carbocycles. The first-order valence-corrected chi connectivity index (χ1v) is 6.10. The third kappa shape index (κ3) is 4.30. The SMILES string of the molecule is O=[N+]([O-])c1cccc(COS(=O)(O)=S)c1. The molecule has 1 aromatic rings. The van der Waals surface area contributed by atoms with E-state index in [0.29, 0.717) is 5.56 Å². The van der Waals surface area contributed by atoms with Gasteiger partial charge in [0.05, 0.1) is 11.5 Å². The Bertz CT molecular complexity index is 470. The topological polar surface area (TPSA) is 89.7 Å². The van der Waals surface area contributed by atoms with E-state index >= 15 is 0 Å². The Kier molecular flexibility index (Phi) is 3.69. The van der Waals surface area contributed by atoms with Gasteiger partial charge in [-0.05, 0) is 5.56 Å². The van der Waals surface area contributed by atoms with Crippen LogP contribution in [-0.2, 0) is 31.0 Å². The molecule has 1 unspecified atom stereocenters. The molecule has 0 fully saturated rings. The molecule has 6 nitrogen and oxygen atoms in total. The summed E-state index contributed by atoms with van der Waals surface area (Å²) < 4.78 is 23.7. The number of rotatable bonds is 4. The standard InChI is InChI=1S/C7H7NO5S2/c9-8(10)7-3-1-2-6(4-7)5-13-15(11,12)14/h1-4H,5H2,(H,11,12,14). The van der Waals surface area contributed by atoms with Crippen LogP contribution in [0.2, 0.25) is 0 Å². The summed E-state index contributed by atoms with van der Waals surface area (Å²) in [4.78, 5) is 9.83. The molecule has 0 heterocycles. The molecule has 0 radical (unpaired) electrons. The molecule has 1 rings (SSSR count). The van der Waals surface area contributed by atoms with Gasteiger partial charge in [0.15, 0.2) is 0 Å². The molecule has 0 amide bonds. The number of hydrogen-bond donors (Lipinski definition) is 1. The van der Waals surface area contributed by atoms with Crippen molar-refractivity contribution >= 4 is 25.9 Å². The number of non-ortho nitro benzene ring substituents is 1. The van der Waals surface area contributed by atoms with Gasteiger partial charge in [0, 0.05) is 23.3 Å². The molecule has 0 saturated carbocycles. The highest BCUT2D eigenvalue weighted by molar-refractivity contribution is 8.27. The summed E-state index contributed by atoms with van der Waals surface area (Å²) in [6, 6.07) is 5.56. The Balaban J connectivity index is 2.79. The summed E-state index contributed by atoms with van der Waals surface area (Å²) in [5.41, 5.74) is 0.306. The van der Waals surface area contributed by atoms with E-state index in [0.717, 1.165) is 0 Å². The average molecular weight is 249 g/mol. The fourth-order valence-corrected chi connectivity index (χ4v) is 1.33.